The first kappa shape index (κ1) is 14.7. The number of hydrogen-bond donors (Lipinski definition) is 2. The Labute approximate surface area is 122 Å². The van der Waals surface area contributed by atoms with E-state index < -0.39 is 0 Å². The molecule has 0 unspecified atom stereocenters. The van der Waals surface area contributed by atoms with E-state index in [9.17, 15) is 9.59 Å². The third kappa shape index (κ3) is 3.88. The minimum absolute atomic E-state index is 0.126. The van der Waals surface area contributed by atoms with Crippen LogP contribution in [0.1, 0.15) is 21.7 Å². The summed E-state index contributed by atoms with van der Waals surface area (Å²) in [5.74, 6) is -0.222. The zero-order valence-corrected chi connectivity index (χ0v) is 12.2. The van der Waals surface area contributed by atoms with Crippen molar-refractivity contribution in [2.45, 2.75) is 13.8 Å². The van der Waals surface area contributed by atoms with Crippen molar-refractivity contribution >= 4 is 17.6 Å². The molecule has 0 bridgehead atoms. The number of carbonyl (C=O) groups is 2. The van der Waals surface area contributed by atoms with Crippen LogP contribution in [-0.2, 0) is 11.8 Å². The molecule has 0 saturated carbocycles. The number of rotatable bonds is 4. The third-order valence-corrected chi connectivity index (χ3v) is 2.82. The van der Waals surface area contributed by atoms with E-state index in [4.69, 9.17) is 0 Å². The Balaban J connectivity index is 1.88. The van der Waals surface area contributed by atoms with Gasteiger partial charge in [0.2, 0.25) is 5.91 Å². The highest BCUT2D eigenvalue weighted by Crippen LogP contribution is 2.04. The Hall–Kier alpha value is -2.70. The SMILES string of the molecule is Cc1ccc(NC(=O)CNC(=O)c2cc(C)nn2C)nc1. The molecule has 110 valence electrons. The van der Waals surface area contributed by atoms with E-state index in [0.29, 0.717) is 11.5 Å². The molecule has 0 aromatic carbocycles. The first-order valence-corrected chi connectivity index (χ1v) is 6.47. The summed E-state index contributed by atoms with van der Waals surface area (Å²) in [7, 11) is 1.68. The van der Waals surface area contributed by atoms with Crippen LogP contribution in [0.15, 0.2) is 24.4 Å². The number of hydrogen-bond acceptors (Lipinski definition) is 4. The topological polar surface area (TPSA) is 88.9 Å². The number of amides is 2. The van der Waals surface area contributed by atoms with Gasteiger partial charge in [-0.3, -0.25) is 14.3 Å². The van der Waals surface area contributed by atoms with Gasteiger partial charge in [0.15, 0.2) is 0 Å². The second-order valence-electron chi connectivity index (χ2n) is 4.75. The van der Waals surface area contributed by atoms with E-state index >= 15 is 0 Å². The van der Waals surface area contributed by atoms with Crippen molar-refractivity contribution in [1.82, 2.24) is 20.1 Å². The average Bonchev–Trinajstić information content (AvgIpc) is 2.78. The van der Waals surface area contributed by atoms with E-state index in [2.05, 4.69) is 20.7 Å². The van der Waals surface area contributed by atoms with Crippen LogP contribution >= 0.6 is 0 Å². The highest BCUT2D eigenvalue weighted by Gasteiger charge is 2.13. The van der Waals surface area contributed by atoms with Gasteiger partial charge in [0.25, 0.3) is 5.91 Å². The summed E-state index contributed by atoms with van der Waals surface area (Å²) in [5, 5.41) is 9.23. The summed E-state index contributed by atoms with van der Waals surface area (Å²) in [4.78, 5) is 27.7. The molecule has 21 heavy (non-hydrogen) atoms. The molecule has 2 amide bonds. The molecule has 0 aliphatic heterocycles. The Kier molecular flexibility index (Phi) is 4.32. The lowest BCUT2D eigenvalue weighted by Crippen LogP contribution is -2.34. The molecule has 2 rings (SSSR count). The van der Waals surface area contributed by atoms with Crippen molar-refractivity contribution in [3.05, 3.63) is 41.3 Å². The van der Waals surface area contributed by atoms with Crippen molar-refractivity contribution in [3.8, 4) is 0 Å². The van der Waals surface area contributed by atoms with E-state index in [1.54, 1.807) is 32.3 Å². The molecule has 0 aliphatic rings. The van der Waals surface area contributed by atoms with Gasteiger partial charge in [-0.05, 0) is 31.5 Å². The molecule has 0 spiro atoms. The summed E-state index contributed by atoms with van der Waals surface area (Å²) in [6.45, 7) is 3.58. The molecule has 7 heteroatoms. The van der Waals surface area contributed by atoms with Gasteiger partial charge in [-0.25, -0.2) is 4.98 Å². The monoisotopic (exact) mass is 287 g/mol. The lowest BCUT2D eigenvalue weighted by Gasteiger charge is -2.06. The molecular formula is C14H17N5O2. The van der Waals surface area contributed by atoms with Crippen molar-refractivity contribution in [2.75, 3.05) is 11.9 Å². The maximum Gasteiger partial charge on any atom is 0.269 e. The van der Waals surface area contributed by atoms with Crippen LogP contribution in [0, 0.1) is 13.8 Å². The van der Waals surface area contributed by atoms with Gasteiger partial charge in [0.1, 0.15) is 11.5 Å². The first-order chi connectivity index (χ1) is 9.95. The zero-order chi connectivity index (χ0) is 15.4. The number of carbonyl (C=O) groups excluding carboxylic acids is 2. The van der Waals surface area contributed by atoms with Gasteiger partial charge >= 0.3 is 0 Å². The molecule has 0 atom stereocenters. The van der Waals surface area contributed by atoms with Crippen molar-refractivity contribution in [1.29, 1.82) is 0 Å². The van der Waals surface area contributed by atoms with Crippen LogP contribution in [0.3, 0.4) is 0 Å². The van der Waals surface area contributed by atoms with Gasteiger partial charge in [0, 0.05) is 13.2 Å². The number of nitrogens with one attached hydrogen (secondary N) is 2. The third-order valence-electron chi connectivity index (χ3n) is 2.82. The standard InChI is InChI=1S/C14H17N5O2/c1-9-4-5-12(15-7-9)17-13(20)8-16-14(21)11-6-10(2)18-19(11)3/h4-7H,8H2,1-3H3,(H,16,21)(H,15,17,20). The minimum atomic E-state index is -0.342. The summed E-state index contributed by atoms with van der Waals surface area (Å²) in [5.41, 5.74) is 2.16. The normalized spacial score (nSPS) is 10.2. The van der Waals surface area contributed by atoms with Gasteiger partial charge in [-0.15, -0.1) is 0 Å². The molecule has 0 fully saturated rings. The van der Waals surface area contributed by atoms with Crippen LogP contribution in [0.4, 0.5) is 5.82 Å². The molecule has 2 N–H and O–H groups in total. The second kappa shape index (κ2) is 6.17. The van der Waals surface area contributed by atoms with Gasteiger partial charge in [-0.1, -0.05) is 6.07 Å². The van der Waals surface area contributed by atoms with Crippen molar-refractivity contribution in [2.24, 2.45) is 7.05 Å². The molecule has 2 heterocycles. The Bertz CT molecular complexity index is 661. The quantitative estimate of drug-likeness (QED) is 0.870. The molecule has 2 aromatic rings. The highest BCUT2D eigenvalue weighted by atomic mass is 16.2. The molecule has 0 aliphatic carbocycles. The summed E-state index contributed by atoms with van der Waals surface area (Å²) >= 11 is 0. The van der Waals surface area contributed by atoms with Crippen molar-refractivity contribution in [3.63, 3.8) is 0 Å². The lowest BCUT2D eigenvalue weighted by molar-refractivity contribution is -0.115. The van der Waals surface area contributed by atoms with Crippen LogP contribution < -0.4 is 10.6 Å². The highest BCUT2D eigenvalue weighted by molar-refractivity contribution is 5.98. The fourth-order valence-corrected chi connectivity index (χ4v) is 1.80. The van der Waals surface area contributed by atoms with Crippen molar-refractivity contribution < 1.29 is 9.59 Å². The smallest absolute Gasteiger partial charge is 0.269 e. The number of aryl methyl sites for hydroxylation is 3. The largest absolute Gasteiger partial charge is 0.342 e. The van der Waals surface area contributed by atoms with Crippen LogP contribution in [0.2, 0.25) is 0 Å². The zero-order valence-electron chi connectivity index (χ0n) is 12.2. The average molecular weight is 287 g/mol. The number of anilines is 1. The summed E-state index contributed by atoms with van der Waals surface area (Å²) < 4.78 is 1.48. The Morgan fingerprint density at radius 3 is 2.62 bits per heavy atom. The van der Waals surface area contributed by atoms with E-state index in [1.807, 2.05) is 13.0 Å². The number of aromatic nitrogens is 3. The Morgan fingerprint density at radius 2 is 2.05 bits per heavy atom. The van der Waals surface area contributed by atoms with Gasteiger partial charge in [-0.2, -0.15) is 5.10 Å². The van der Waals surface area contributed by atoms with Crippen LogP contribution in [0.5, 0.6) is 0 Å². The van der Waals surface area contributed by atoms with E-state index in [0.717, 1.165) is 11.3 Å². The maximum absolute atomic E-state index is 11.9. The second-order valence-corrected chi connectivity index (χ2v) is 4.75. The van der Waals surface area contributed by atoms with E-state index in [1.165, 1.54) is 4.68 Å². The lowest BCUT2D eigenvalue weighted by atomic mass is 10.3. The fraction of sp³-hybridized carbons (Fsp3) is 0.286. The summed E-state index contributed by atoms with van der Waals surface area (Å²) in [6.07, 6.45) is 1.66. The van der Waals surface area contributed by atoms with E-state index in [-0.39, 0.29) is 18.4 Å². The molecular weight excluding hydrogens is 270 g/mol. The molecule has 0 radical (unpaired) electrons. The number of pyridine rings is 1. The Morgan fingerprint density at radius 1 is 1.29 bits per heavy atom. The summed E-state index contributed by atoms with van der Waals surface area (Å²) in [6, 6.07) is 5.22. The minimum Gasteiger partial charge on any atom is -0.342 e. The predicted molar refractivity (Wildman–Crippen MR) is 77.9 cm³/mol. The molecule has 7 nitrogen and oxygen atoms in total. The first-order valence-electron chi connectivity index (χ1n) is 6.47. The fourth-order valence-electron chi connectivity index (χ4n) is 1.80. The molecule has 2 aromatic heterocycles. The van der Waals surface area contributed by atoms with Crippen LogP contribution in [-0.4, -0.2) is 33.1 Å². The molecule has 0 saturated heterocycles. The van der Waals surface area contributed by atoms with Gasteiger partial charge < -0.3 is 10.6 Å². The maximum atomic E-state index is 11.9. The number of nitrogens with zero attached hydrogens (tertiary/aromatic N) is 3. The van der Waals surface area contributed by atoms with Gasteiger partial charge in [0.05, 0.1) is 12.2 Å². The predicted octanol–water partition coefficient (Wildman–Crippen LogP) is 0.800. The van der Waals surface area contributed by atoms with Crippen LogP contribution in [0.25, 0.3) is 0 Å².